The summed E-state index contributed by atoms with van der Waals surface area (Å²) in [5.74, 6) is -0.761. The van der Waals surface area contributed by atoms with Crippen LogP contribution in [0, 0.1) is 5.92 Å². The highest BCUT2D eigenvalue weighted by molar-refractivity contribution is 7.80. The summed E-state index contributed by atoms with van der Waals surface area (Å²) in [5, 5.41) is 10.8. The number of benzene rings is 1. The highest BCUT2D eigenvalue weighted by Crippen LogP contribution is 2.35. The van der Waals surface area contributed by atoms with Crippen LogP contribution in [0.15, 0.2) is 30.5 Å². The summed E-state index contributed by atoms with van der Waals surface area (Å²) in [6.45, 7) is 3.70. The molecule has 0 heterocycles. The Kier molecular flexibility index (Phi) is 8.08. The molecule has 1 fully saturated rings. The molecule has 4 N–H and O–H groups in total. The van der Waals surface area contributed by atoms with Crippen molar-refractivity contribution >= 4 is 40.7 Å². The van der Waals surface area contributed by atoms with E-state index >= 15 is 0 Å². The van der Waals surface area contributed by atoms with Gasteiger partial charge in [-0.05, 0) is 49.7 Å². The topological polar surface area (TPSA) is 82.3 Å². The Bertz CT molecular complexity index is 848. The molecule has 2 amide bonds. The van der Waals surface area contributed by atoms with Gasteiger partial charge >= 0.3 is 6.18 Å². The summed E-state index contributed by atoms with van der Waals surface area (Å²) >= 11 is 10.8. The number of alkyl halides is 3. The lowest BCUT2D eigenvalue weighted by atomic mass is 10.1. The summed E-state index contributed by atoms with van der Waals surface area (Å²) in [4.78, 5) is 23.8. The zero-order valence-corrected chi connectivity index (χ0v) is 17.7. The van der Waals surface area contributed by atoms with Crippen molar-refractivity contribution in [1.29, 1.82) is 0 Å². The van der Waals surface area contributed by atoms with E-state index in [2.05, 4.69) is 27.8 Å². The fourth-order valence-corrected chi connectivity index (χ4v) is 3.69. The number of hydrogen-bond acceptors (Lipinski definition) is 3. The summed E-state index contributed by atoms with van der Waals surface area (Å²) in [6.07, 6.45) is -2.45. The highest BCUT2D eigenvalue weighted by Gasteiger charge is 2.34. The Hall–Kier alpha value is -2.33. The third-order valence-electron chi connectivity index (χ3n) is 4.67. The second kappa shape index (κ2) is 10.1. The second-order valence-corrected chi connectivity index (χ2v) is 7.71. The number of halogens is 4. The zero-order chi connectivity index (χ0) is 22.5. The molecule has 30 heavy (non-hydrogen) atoms. The van der Waals surface area contributed by atoms with Crippen molar-refractivity contribution in [1.82, 2.24) is 21.3 Å². The van der Waals surface area contributed by atoms with Crippen LogP contribution in [-0.2, 0) is 11.0 Å². The van der Waals surface area contributed by atoms with Gasteiger partial charge in [0.2, 0.25) is 5.91 Å². The molecule has 0 unspecified atom stereocenters. The number of nitrogens with one attached hydrogen (secondary N) is 4. The van der Waals surface area contributed by atoms with Crippen LogP contribution in [0.1, 0.15) is 35.2 Å². The van der Waals surface area contributed by atoms with Crippen molar-refractivity contribution in [3.8, 4) is 0 Å². The van der Waals surface area contributed by atoms with Crippen molar-refractivity contribution in [2.75, 3.05) is 13.6 Å². The maximum atomic E-state index is 12.9. The summed E-state index contributed by atoms with van der Waals surface area (Å²) in [5.41, 5.74) is -0.899. The molecule has 1 aliphatic carbocycles. The minimum absolute atomic E-state index is 0.00109. The van der Waals surface area contributed by atoms with E-state index in [0.29, 0.717) is 23.3 Å². The minimum Gasteiger partial charge on any atom is -0.360 e. The molecule has 0 spiro atoms. The van der Waals surface area contributed by atoms with E-state index in [1.54, 1.807) is 7.05 Å². The molecule has 0 saturated heterocycles. The van der Waals surface area contributed by atoms with Crippen molar-refractivity contribution in [3.05, 3.63) is 46.6 Å². The number of thiocarbonyl (C=S) groups is 1. The number of carbonyl (C=O) groups excluding carboxylic acids is 2. The largest absolute Gasteiger partial charge is 0.417 e. The molecule has 1 aliphatic rings. The first-order valence-corrected chi connectivity index (χ1v) is 9.91. The van der Waals surface area contributed by atoms with Crippen molar-refractivity contribution in [2.24, 2.45) is 5.92 Å². The van der Waals surface area contributed by atoms with E-state index in [1.165, 1.54) is 6.07 Å². The van der Waals surface area contributed by atoms with Gasteiger partial charge in [-0.1, -0.05) is 18.2 Å². The molecule has 1 aromatic rings. The first-order chi connectivity index (χ1) is 14.0. The lowest BCUT2D eigenvalue weighted by Gasteiger charge is -2.18. The van der Waals surface area contributed by atoms with Crippen LogP contribution in [0.4, 0.5) is 13.2 Å². The molecule has 0 bridgehead atoms. The first-order valence-electron chi connectivity index (χ1n) is 9.13. The normalized spacial score (nSPS) is 18.4. The molecule has 0 aliphatic heterocycles. The van der Waals surface area contributed by atoms with Crippen LogP contribution < -0.4 is 21.3 Å². The molecular weight excluding hydrogens is 441 g/mol. The van der Waals surface area contributed by atoms with E-state index < -0.39 is 22.7 Å². The van der Waals surface area contributed by atoms with Gasteiger partial charge < -0.3 is 21.3 Å². The van der Waals surface area contributed by atoms with Crippen LogP contribution in [-0.4, -0.2) is 36.6 Å². The van der Waals surface area contributed by atoms with E-state index in [1.807, 2.05) is 0 Å². The van der Waals surface area contributed by atoms with Crippen molar-refractivity contribution in [3.63, 3.8) is 0 Å². The van der Waals surface area contributed by atoms with E-state index in [4.69, 9.17) is 23.8 Å². The predicted molar refractivity (Wildman–Crippen MR) is 112 cm³/mol. The van der Waals surface area contributed by atoms with Crippen LogP contribution in [0.2, 0.25) is 5.02 Å². The average Bonchev–Trinajstić information content (AvgIpc) is 3.13. The Morgan fingerprint density at radius 1 is 1.30 bits per heavy atom. The maximum Gasteiger partial charge on any atom is 0.417 e. The Balaban J connectivity index is 1.81. The van der Waals surface area contributed by atoms with Gasteiger partial charge in [-0.3, -0.25) is 9.59 Å². The quantitative estimate of drug-likeness (QED) is 0.489. The van der Waals surface area contributed by atoms with Gasteiger partial charge in [0.1, 0.15) is 0 Å². The SMILES string of the molecule is C=C(CNC(=O)c1ccc(Cl)c(C(F)(F)F)c1)NC(=S)N[C@H]1CC[C@H](C(=O)NC)C1. The minimum atomic E-state index is -4.66. The molecule has 164 valence electrons. The van der Waals surface area contributed by atoms with Gasteiger partial charge in [-0.25, -0.2) is 0 Å². The van der Waals surface area contributed by atoms with Gasteiger partial charge in [-0.2, -0.15) is 13.2 Å². The fraction of sp³-hybridized carbons (Fsp3) is 0.421. The van der Waals surface area contributed by atoms with Crippen LogP contribution >= 0.6 is 23.8 Å². The summed E-state index contributed by atoms with van der Waals surface area (Å²) in [7, 11) is 1.60. The van der Waals surface area contributed by atoms with Crippen LogP contribution in [0.25, 0.3) is 0 Å². The molecule has 2 atom stereocenters. The Labute approximate surface area is 182 Å². The number of carbonyl (C=O) groups is 2. The van der Waals surface area contributed by atoms with Gasteiger partial charge in [-0.15, -0.1) is 0 Å². The van der Waals surface area contributed by atoms with E-state index in [9.17, 15) is 22.8 Å². The van der Waals surface area contributed by atoms with Gasteiger partial charge in [0.15, 0.2) is 5.11 Å². The van der Waals surface area contributed by atoms with Crippen molar-refractivity contribution in [2.45, 2.75) is 31.5 Å². The monoisotopic (exact) mass is 462 g/mol. The van der Waals surface area contributed by atoms with Gasteiger partial charge in [0.25, 0.3) is 5.91 Å². The number of hydrogen-bond donors (Lipinski definition) is 4. The summed E-state index contributed by atoms with van der Waals surface area (Å²) in [6, 6.07) is 2.98. The zero-order valence-electron chi connectivity index (χ0n) is 16.2. The van der Waals surface area contributed by atoms with Crippen LogP contribution in [0.3, 0.4) is 0 Å². The Morgan fingerprint density at radius 2 is 2.00 bits per heavy atom. The molecule has 6 nitrogen and oxygen atoms in total. The molecule has 0 aromatic heterocycles. The molecule has 1 saturated carbocycles. The standard InChI is InChI=1S/C19H22ClF3N4O2S/c1-10(26-18(30)27-13-5-3-11(7-13)16(28)24-2)9-25-17(29)12-4-6-15(20)14(8-12)19(21,22)23/h4,6,8,11,13H,1,3,5,7,9H2,2H3,(H,24,28)(H,25,29)(H2,26,27,30)/t11-,13-/m0/s1. The molecular formula is C19H22ClF3N4O2S. The van der Waals surface area contributed by atoms with Crippen molar-refractivity contribution < 1.29 is 22.8 Å². The maximum absolute atomic E-state index is 12.9. The number of amides is 2. The molecule has 2 rings (SSSR count). The van der Waals surface area contributed by atoms with Gasteiger partial charge in [0.05, 0.1) is 17.1 Å². The lowest BCUT2D eigenvalue weighted by molar-refractivity contribution is -0.137. The summed E-state index contributed by atoms with van der Waals surface area (Å²) < 4.78 is 38.8. The Morgan fingerprint density at radius 3 is 2.63 bits per heavy atom. The van der Waals surface area contributed by atoms with E-state index in [0.717, 1.165) is 18.9 Å². The smallest absolute Gasteiger partial charge is 0.360 e. The third kappa shape index (κ3) is 6.60. The second-order valence-electron chi connectivity index (χ2n) is 6.90. The van der Waals surface area contributed by atoms with E-state index in [-0.39, 0.29) is 30.0 Å². The molecule has 0 radical (unpaired) electrons. The first kappa shape index (κ1) is 23.9. The fourth-order valence-electron chi connectivity index (χ4n) is 3.15. The third-order valence-corrected chi connectivity index (χ3v) is 5.22. The average molecular weight is 463 g/mol. The molecule has 1 aromatic carbocycles. The predicted octanol–water partition coefficient (Wildman–Crippen LogP) is 2.98. The number of rotatable bonds is 6. The lowest BCUT2D eigenvalue weighted by Crippen LogP contribution is -2.42. The molecule has 11 heteroatoms. The highest BCUT2D eigenvalue weighted by atomic mass is 35.5. The van der Waals surface area contributed by atoms with Gasteiger partial charge in [0, 0.05) is 30.3 Å². The van der Waals surface area contributed by atoms with Crippen LogP contribution in [0.5, 0.6) is 0 Å².